The molecule has 2 aromatic rings. The Balaban J connectivity index is 2.67. The van der Waals surface area contributed by atoms with Crippen molar-refractivity contribution in [3.05, 3.63) is 51.5 Å². The van der Waals surface area contributed by atoms with Gasteiger partial charge in [-0.1, -0.05) is 46.9 Å². The lowest BCUT2D eigenvalue weighted by Crippen LogP contribution is -1.82. The van der Waals surface area contributed by atoms with Crippen molar-refractivity contribution < 1.29 is 0 Å². The zero-order chi connectivity index (χ0) is 11.7. The second-order valence-corrected chi connectivity index (χ2v) is 4.97. The summed E-state index contributed by atoms with van der Waals surface area (Å²) in [6.45, 7) is 0. The molecule has 0 saturated carbocycles. The van der Waals surface area contributed by atoms with E-state index in [9.17, 15) is 0 Å². The van der Waals surface area contributed by atoms with Crippen molar-refractivity contribution in [2.24, 2.45) is 0 Å². The number of rotatable bonds is 1. The Morgan fingerprint density at radius 2 is 1.62 bits per heavy atom. The molecule has 82 valence electrons. The molecule has 0 spiro atoms. The second kappa shape index (κ2) is 4.89. The van der Waals surface area contributed by atoms with Gasteiger partial charge in [-0.05, 0) is 24.3 Å². The maximum atomic E-state index is 6.17. The molecule has 4 heteroatoms. The van der Waals surface area contributed by atoms with Crippen molar-refractivity contribution in [2.45, 2.75) is 4.90 Å². The summed E-state index contributed by atoms with van der Waals surface area (Å²) in [4.78, 5) is 0.718. The van der Waals surface area contributed by atoms with Crippen LogP contribution >= 0.6 is 47.4 Å². The monoisotopic (exact) mass is 288 g/mol. The van der Waals surface area contributed by atoms with E-state index in [0.717, 1.165) is 16.0 Å². The molecule has 0 atom stereocenters. The maximum absolute atomic E-state index is 6.17. The van der Waals surface area contributed by atoms with E-state index in [1.807, 2.05) is 18.2 Å². The Bertz CT molecular complexity index is 538. The van der Waals surface area contributed by atoms with Crippen LogP contribution in [0.3, 0.4) is 0 Å². The van der Waals surface area contributed by atoms with E-state index >= 15 is 0 Å². The van der Waals surface area contributed by atoms with Gasteiger partial charge in [0.1, 0.15) is 0 Å². The summed E-state index contributed by atoms with van der Waals surface area (Å²) in [5.41, 5.74) is 1.65. The van der Waals surface area contributed by atoms with E-state index < -0.39 is 0 Å². The Hall–Kier alpha value is -0.340. The fourth-order valence-electron chi connectivity index (χ4n) is 1.43. The summed E-state index contributed by atoms with van der Waals surface area (Å²) >= 11 is 22.5. The van der Waals surface area contributed by atoms with Gasteiger partial charge in [-0.2, -0.15) is 0 Å². The number of hydrogen-bond acceptors (Lipinski definition) is 1. The number of thiol groups is 1. The Morgan fingerprint density at radius 1 is 0.875 bits per heavy atom. The topological polar surface area (TPSA) is 0 Å². The summed E-state index contributed by atoms with van der Waals surface area (Å²) in [6, 6.07) is 10.9. The summed E-state index contributed by atoms with van der Waals surface area (Å²) < 4.78 is 0. The van der Waals surface area contributed by atoms with Crippen molar-refractivity contribution in [1.29, 1.82) is 0 Å². The molecule has 0 fully saturated rings. The largest absolute Gasteiger partial charge is 0.142 e. The number of benzene rings is 2. The molecule has 0 bridgehead atoms. The lowest BCUT2D eigenvalue weighted by atomic mass is 10.1. The van der Waals surface area contributed by atoms with E-state index in [2.05, 4.69) is 12.6 Å². The average Bonchev–Trinajstić information content (AvgIpc) is 2.26. The van der Waals surface area contributed by atoms with Gasteiger partial charge in [0.15, 0.2) is 0 Å². The van der Waals surface area contributed by atoms with Crippen molar-refractivity contribution in [1.82, 2.24) is 0 Å². The van der Waals surface area contributed by atoms with Crippen LogP contribution in [-0.4, -0.2) is 0 Å². The first-order valence-electron chi connectivity index (χ1n) is 4.52. The SMILES string of the molecule is Sc1cccc(-c2cc(Cl)ccc2Cl)c1Cl. The van der Waals surface area contributed by atoms with Gasteiger partial charge in [0.2, 0.25) is 0 Å². The molecule has 0 aromatic heterocycles. The molecular formula is C12H7Cl3S. The van der Waals surface area contributed by atoms with Gasteiger partial charge in [0.25, 0.3) is 0 Å². The van der Waals surface area contributed by atoms with Crippen LogP contribution in [0, 0.1) is 0 Å². The minimum atomic E-state index is 0.579. The molecule has 2 rings (SSSR count). The third-order valence-corrected chi connectivity index (χ3v) is 3.67. The summed E-state index contributed by atoms with van der Waals surface area (Å²) in [6.07, 6.45) is 0. The minimum Gasteiger partial charge on any atom is -0.142 e. The van der Waals surface area contributed by atoms with E-state index in [1.165, 1.54) is 0 Å². The van der Waals surface area contributed by atoms with Gasteiger partial charge < -0.3 is 0 Å². The molecule has 16 heavy (non-hydrogen) atoms. The van der Waals surface area contributed by atoms with Crippen LogP contribution in [0.25, 0.3) is 11.1 Å². The molecule has 0 aliphatic carbocycles. The molecule has 2 aromatic carbocycles. The fraction of sp³-hybridized carbons (Fsp3) is 0. The van der Waals surface area contributed by atoms with Crippen molar-refractivity contribution in [3.63, 3.8) is 0 Å². The van der Waals surface area contributed by atoms with E-state index in [0.29, 0.717) is 15.1 Å². The first kappa shape index (κ1) is 12.1. The van der Waals surface area contributed by atoms with Gasteiger partial charge in [-0.15, -0.1) is 12.6 Å². The summed E-state index contributed by atoms with van der Waals surface area (Å²) in [5.74, 6) is 0. The zero-order valence-electron chi connectivity index (χ0n) is 8.05. The van der Waals surface area contributed by atoms with Crippen LogP contribution in [0.2, 0.25) is 15.1 Å². The highest BCUT2D eigenvalue weighted by Gasteiger charge is 2.09. The predicted octanol–water partition coefficient (Wildman–Crippen LogP) is 5.60. The van der Waals surface area contributed by atoms with E-state index in [1.54, 1.807) is 18.2 Å². The van der Waals surface area contributed by atoms with Gasteiger partial charge in [0.05, 0.1) is 5.02 Å². The number of halogens is 3. The Labute approximate surface area is 115 Å². The number of hydrogen-bond donors (Lipinski definition) is 1. The summed E-state index contributed by atoms with van der Waals surface area (Å²) in [7, 11) is 0. The summed E-state index contributed by atoms with van der Waals surface area (Å²) in [5, 5.41) is 1.82. The molecule has 0 saturated heterocycles. The quantitative estimate of drug-likeness (QED) is 0.649. The molecule has 0 amide bonds. The first-order chi connectivity index (χ1) is 7.59. The molecule has 0 aliphatic rings. The van der Waals surface area contributed by atoms with Gasteiger partial charge in [-0.25, -0.2) is 0 Å². The van der Waals surface area contributed by atoms with Gasteiger partial charge in [0, 0.05) is 26.1 Å². The van der Waals surface area contributed by atoms with E-state index in [-0.39, 0.29) is 0 Å². The van der Waals surface area contributed by atoms with E-state index in [4.69, 9.17) is 34.8 Å². The lowest BCUT2D eigenvalue weighted by molar-refractivity contribution is 1.46. The average molecular weight is 290 g/mol. The third kappa shape index (κ3) is 2.33. The van der Waals surface area contributed by atoms with Crippen LogP contribution in [0.5, 0.6) is 0 Å². The smallest absolute Gasteiger partial charge is 0.0618 e. The van der Waals surface area contributed by atoms with Crippen molar-refractivity contribution >= 4 is 47.4 Å². The second-order valence-electron chi connectivity index (χ2n) is 3.26. The molecule has 0 nitrogen and oxygen atoms in total. The minimum absolute atomic E-state index is 0.579. The standard InChI is InChI=1S/C12H7Cl3S/c13-7-4-5-10(14)9(6-7)8-2-1-3-11(16)12(8)15/h1-6,16H. The van der Waals surface area contributed by atoms with Crippen LogP contribution in [0.4, 0.5) is 0 Å². The van der Waals surface area contributed by atoms with Crippen LogP contribution in [0.15, 0.2) is 41.3 Å². The Morgan fingerprint density at radius 3 is 2.38 bits per heavy atom. The molecule has 0 aliphatic heterocycles. The fourth-order valence-corrected chi connectivity index (χ4v) is 2.26. The highest BCUT2D eigenvalue weighted by atomic mass is 35.5. The van der Waals surface area contributed by atoms with Crippen molar-refractivity contribution in [3.8, 4) is 11.1 Å². The lowest BCUT2D eigenvalue weighted by Gasteiger charge is -2.08. The van der Waals surface area contributed by atoms with Crippen LogP contribution < -0.4 is 0 Å². The maximum Gasteiger partial charge on any atom is 0.0618 e. The van der Waals surface area contributed by atoms with Gasteiger partial charge in [-0.3, -0.25) is 0 Å². The predicted molar refractivity (Wildman–Crippen MR) is 74.2 cm³/mol. The zero-order valence-corrected chi connectivity index (χ0v) is 11.2. The molecule has 0 radical (unpaired) electrons. The van der Waals surface area contributed by atoms with Gasteiger partial charge >= 0.3 is 0 Å². The molecular weight excluding hydrogens is 283 g/mol. The third-order valence-electron chi connectivity index (χ3n) is 2.20. The molecule has 0 unspecified atom stereocenters. The van der Waals surface area contributed by atoms with Crippen LogP contribution in [0.1, 0.15) is 0 Å². The molecule has 0 N–H and O–H groups in total. The highest BCUT2D eigenvalue weighted by molar-refractivity contribution is 7.80. The van der Waals surface area contributed by atoms with Crippen molar-refractivity contribution in [2.75, 3.05) is 0 Å². The first-order valence-corrected chi connectivity index (χ1v) is 6.10. The normalized spacial score (nSPS) is 10.5. The molecule has 0 heterocycles. The Kier molecular flexibility index (Phi) is 3.70. The van der Waals surface area contributed by atoms with Crippen LogP contribution in [-0.2, 0) is 0 Å². The highest BCUT2D eigenvalue weighted by Crippen LogP contribution is 2.37.